The molecule has 0 bridgehead atoms. The minimum atomic E-state index is -0.162. The molecule has 1 aromatic carbocycles. The number of amides is 1. The molecule has 5 rings (SSSR count). The normalized spacial score (nSPS) is 15.2. The minimum Gasteiger partial charge on any atom is -0.437 e. The summed E-state index contributed by atoms with van der Waals surface area (Å²) in [6.45, 7) is 2.85. The summed E-state index contributed by atoms with van der Waals surface area (Å²) >= 11 is 6.54. The molecule has 1 aliphatic heterocycles. The molecule has 0 radical (unpaired) electrons. The van der Waals surface area contributed by atoms with Crippen molar-refractivity contribution in [2.24, 2.45) is 0 Å². The van der Waals surface area contributed by atoms with Crippen LogP contribution < -0.4 is 10.5 Å². The first-order valence-electron chi connectivity index (χ1n) is 10.8. The third-order valence-electron chi connectivity index (χ3n) is 5.75. The van der Waals surface area contributed by atoms with Crippen molar-refractivity contribution >= 4 is 29.0 Å². The number of imidazole rings is 1. The number of hydrogen-bond donors (Lipinski definition) is 1. The summed E-state index contributed by atoms with van der Waals surface area (Å²) in [7, 11) is 0. The van der Waals surface area contributed by atoms with Crippen LogP contribution >= 0.6 is 11.6 Å². The molecule has 4 aromatic rings. The van der Waals surface area contributed by atoms with Gasteiger partial charge < -0.3 is 15.4 Å². The highest BCUT2D eigenvalue weighted by molar-refractivity contribution is 6.32. The Morgan fingerprint density at radius 2 is 2.09 bits per heavy atom. The van der Waals surface area contributed by atoms with Gasteiger partial charge in [0.1, 0.15) is 11.6 Å². The smallest absolute Gasteiger partial charge is 0.298 e. The monoisotopic (exact) mass is 472 g/mol. The molecule has 1 amide bonds. The third-order valence-corrected chi connectivity index (χ3v) is 6.04. The summed E-state index contributed by atoms with van der Waals surface area (Å²) in [6, 6.07) is 12.7. The van der Waals surface area contributed by atoms with Gasteiger partial charge in [0.05, 0.1) is 16.2 Å². The van der Waals surface area contributed by atoms with E-state index >= 15 is 0 Å². The number of fused-ring (bicyclic) bond motifs is 1. The van der Waals surface area contributed by atoms with E-state index in [2.05, 4.69) is 21.8 Å². The van der Waals surface area contributed by atoms with Gasteiger partial charge in [0.2, 0.25) is 11.8 Å². The van der Waals surface area contributed by atoms with E-state index in [1.54, 1.807) is 42.4 Å². The van der Waals surface area contributed by atoms with E-state index in [0.717, 1.165) is 23.2 Å². The molecule has 3 aromatic heterocycles. The van der Waals surface area contributed by atoms with Gasteiger partial charge in [0.25, 0.3) is 5.91 Å². The Labute approximate surface area is 201 Å². The predicted molar refractivity (Wildman–Crippen MR) is 130 cm³/mol. The number of aromatic nitrogens is 4. The third kappa shape index (κ3) is 4.02. The largest absolute Gasteiger partial charge is 0.437 e. The van der Waals surface area contributed by atoms with E-state index in [9.17, 15) is 4.79 Å². The average Bonchev–Trinajstić information content (AvgIpc) is 3.47. The Morgan fingerprint density at radius 3 is 2.85 bits per heavy atom. The summed E-state index contributed by atoms with van der Waals surface area (Å²) in [6.07, 6.45) is 4.11. The molecule has 170 valence electrons. The molecule has 1 saturated heterocycles. The molecule has 2 N–H and O–H groups in total. The zero-order valence-electron chi connectivity index (χ0n) is 18.4. The lowest BCUT2D eigenvalue weighted by Crippen LogP contribution is -2.26. The van der Waals surface area contributed by atoms with Crippen LogP contribution in [-0.4, -0.2) is 43.2 Å². The molecular formula is C25H21ClN6O2. The van der Waals surface area contributed by atoms with Gasteiger partial charge >= 0.3 is 0 Å². The fraction of sp³-hybridized carbons (Fsp3) is 0.200. The number of nitrogens with zero attached hydrogens (tertiary/aromatic N) is 5. The van der Waals surface area contributed by atoms with Gasteiger partial charge in [-0.05, 0) is 49.6 Å². The second kappa shape index (κ2) is 9.04. The van der Waals surface area contributed by atoms with Crippen LogP contribution in [0.2, 0.25) is 5.02 Å². The van der Waals surface area contributed by atoms with Gasteiger partial charge in [-0.25, -0.2) is 15.0 Å². The fourth-order valence-corrected chi connectivity index (χ4v) is 4.39. The standard InChI is InChI=1S/C25H21ClN6O2/c1-2-5-22(33)31-13-10-17(15-31)23-19-9-12-29-25(27)32(19)24(30-23)16-7-8-20(18(26)14-16)34-21-6-3-4-11-28-21/h3-4,6-9,11-12,14,17H,10,13,15H2,1H3,(H2,27,29). The molecule has 1 atom stereocenters. The number of halogens is 1. The van der Waals surface area contributed by atoms with Crippen molar-refractivity contribution in [3.05, 3.63) is 65.6 Å². The van der Waals surface area contributed by atoms with Gasteiger partial charge in [-0.1, -0.05) is 23.6 Å². The average molecular weight is 473 g/mol. The van der Waals surface area contributed by atoms with Crippen LogP contribution in [0.1, 0.15) is 25.0 Å². The highest BCUT2D eigenvalue weighted by Gasteiger charge is 2.31. The SMILES string of the molecule is CC#CC(=O)N1CCC(c2nc(-c3ccc(Oc4ccccn4)c(Cl)c3)n3c(N)nccc23)C1. The number of nitrogens with two attached hydrogens (primary N) is 1. The maximum atomic E-state index is 12.2. The fourth-order valence-electron chi connectivity index (χ4n) is 4.17. The van der Waals surface area contributed by atoms with Gasteiger partial charge in [-0.3, -0.25) is 9.20 Å². The van der Waals surface area contributed by atoms with Crippen molar-refractivity contribution < 1.29 is 9.53 Å². The molecule has 4 heterocycles. The summed E-state index contributed by atoms with van der Waals surface area (Å²) in [4.78, 5) is 27.4. The lowest BCUT2D eigenvalue weighted by atomic mass is 10.0. The van der Waals surface area contributed by atoms with Crippen molar-refractivity contribution in [1.82, 2.24) is 24.3 Å². The number of rotatable bonds is 4. The number of benzene rings is 1. The summed E-state index contributed by atoms with van der Waals surface area (Å²) < 4.78 is 7.61. The molecule has 8 nitrogen and oxygen atoms in total. The van der Waals surface area contributed by atoms with E-state index in [1.807, 2.05) is 28.7 Å². The number of ether oxygens (including phenoxy) is 1. The van der Waals surface area contributed by atoms with Gasteiger partial charge in [0, 0.05) is 43.0 Å². The van der Waals surface area contributed by atoms with Crippen LogP contribution in [0.3, 0.4) is 0 Å². The number of anilines is 1. The first-order valence-corrected chi connectivity index (χ1v) is 11.2. The van der Waals surface area contributed by atoms with E-state index in [1.165, 1.54) is 0 Å². The van der Waals surface area contributed by atoms with Crippen molar-refractivity contribution in [3.63, 3.8) is 0 Å². The molecule has 0 saturated carbocycles. The number of carbonyl (C=O) groups is 1. The Balaban J connectivity index is 1.51. The Bertz CT molecular complexity index is 1440. The Kier molecular flexibility index (Phi) is 5.78. The lowest BCUT2D eigenvalue weighted by Gasteiger charge is -2.12. The summed E-state index contributed by atoms with van der Waals surface area (Å²) in [5, 5.41) is 0.416. The van der Waals surface area contributed by atoms with E-state index in [-0.39, 0.29) is 11.8 Å². The number of nitrogen functional groups attached to an aromatic ring is 1. The molecule has 1 aliphatic rings. The molecule has 0 aliphatic carbocycles. The van der Waals surface area contributed by atoms with Gasteiger partial charge in [-0.2, -0.15) is 0 Å². The van der Waals surface area contributed by atoms with Crippen LogP contribution in [0.4, 0.5) is 5.95 Å². The molecule has 9 heteroatoms. The van der Waals surface area contributed by atoms with Crippen LogP contribution in [0.5, 0.6) is 11.6 Å². The molecule has 1 unspecified atom stereocenters. The van der Waals surface area contributed by atoms with Crippen LogP contribution in [0.15, 0.2) is 54.9 Å². The maximum Gasteiger partial charge on any atom is 0.298 e. The number of carbonyl (C=O) groups excluding carboxylic acids is 1. The van der Waals surface area contributed by atoms with Crippen LogP contribution in [-0.2, 0) is 4.79 Å². The van der Waals surface area contributed by atoms with Gasteiger partial charge in [-0.15, -0.1) is 0 Å². The highest BCUT2D eigenvalue weighted by atomic mass is 35.5. The summed E-state index contributed by atoms with van der Waals surface area (Å²) in [5.74, 6) is 7.07. The summed E-state index contributed by atoms with van der Waals surface area (Å²) in [5.41, 5.74) is 8.74. The van der Waals surface area contributed by atoms with Crippen LogP contribution in [0, 0.1) is 11.8 Å². The van der Waals surface area contributed by atoms with Crippen LogP contribution in [0.25, 0.3) is 16.9 Å². The molecular weight excluding hydrogens is 452 g/mol. The highest BCUT2D eigenvalue weighted by Crippen LogP contribution is 2.36. The zero-order chi connectivity index (χ0) is 23.7. The maximum absolute atomic E-state index is 12.2. The second-order valence-electron chi connectivity index (χ2n) is 7.87. The Hall–Kier alpha value is -4.09. The number of pyridine rings is 1. The van der Waals surface area contributed by atoms with E-state index < -0.39 is 0 Å². The first kappa shape index (κ1) is 21.7. The van der Waals surface area contributed by atoms with Crippen molar-refractivity contribution in [2.45, 2.75) is 19.3 Å². The topological polar surface area (TPSA) is 98.6 Å². The predicted octanol–water partition coefficient (Wildman–Crippen LogP) is 4.16. The van der Waals surface area contributed by atoms with Crippen molar-refractivity contribution in [3.8, 4) is 34.9 Å². The number of likely N-dealkylation sites (tertiary alicyclic amines) is 1. The van der Waals surface area contributed by atoms with Gasteiger partial charge in [0.15, 0.2) is 0 Å². The minimum absolute atomic E-state index is 0.0652. The lowest BCUT2D eigenvalue weighted by molar-refractivity contribution is -0.124. The second-order valence-corrected chi connectivity index (χ2v) is 8.28. The Morgan fingerprint density at radius 1 is 1.21 bits per heavy atom. The van der Waals surface area contributed by atoms with E-state index in [0.29, 0.717) is 41.5 Å². The number of hydrogen-bond acceptors (Lipinski definition) is 6. The first-order chi connectivity index (χ1) is 16.5. The zero-order valence-corrected chi connectivity index (χ0v) is 19.2. The quantitative estimate of drug-likeness (QED) is 0.448. The van der Waals surface area contributed by atoms with E-state index in [4.69, 9.17) is 27.1 Å². The van der Waals surface area contributed by atoms with Crippen molar-refractivity contribution in [1.29, 1.82) is 0 Å². The molecule has 1 fully saturated rings. The molecule has 34 heavy (non-hydrogen) atoms. The molecule has 0 spiro atoms. The van der Waals surface area contributed by atoms with Crippen molar-refractivity contribution in [2.75, 3.05) is 18.8 Å².